The van der Waals surface area contributed by atoms with Gasteiger partial charge in [-0.3, -0.25) is 0 Å². The number of carbonyl (C=O) groups excluding carboxylic acids is 1. The quantitative estimate of drug-likeness (QED) is 0.618. The van der Waals surface area contributed by atoms with Gasteiger partial charge in [-0.05, 0) is 27.2 Å². The number of rotatable bonds is 0. The molecule has 1 rings (SSSR count). The van der Waals surface area contributed by atoms with Crippen LogP contribution in [0.3, 0.4) is 0 Å². The minimum absolute atomic E-state index is 0.200. The van der Waals surface area contributed by atoms with Gasteiger partial charge in [0.1, 0.15) is 5.60 Å². The third-order valence-electron chi connectivity index (χ3n) is 1.78. The molecule has 0 saturated carbocycles. The van der Waals surface area contributed by atoms with Crippen LogP contribution in [0.1, 0.15) is 27.2 Å². The fraction of sp³-hybridized carbons (Fsp3) is 0.889. The maximum atomic E-state index is 11.5. The Morgan fingerprint density at radius 3 is 2.54 bits per heavy atom. The molecule has 13 heavy (non-hydrogen) atoms. The minimum Gasteiger partial charge on any atom is -0.444 e. The van der Waals surface area contributed by atoms with E-state index >= 15 is 0 Å². The van der Waals surface area contributed by atoms with Crippen LogP contribution in [-0.4, -0.2) is 34.5 Å². The third-order valence-corrected chi connectivity index (χ3v) is 2.53. The Bertz CT molecular complexity index is 200. The summed E-state index contributed by atoms with van der Waals surface area (Å²) in [6.07, 6.45) is 0.814. The predicted octanol–water partition coefficient (Wildman–Crippen LogP) is 2.39. The smallest absolute Gasteiger partial charge is 0.410 e. The number of nitrogens with zero attached hydrogens (tertiary/aromatic N) is 1. The molecule has 0 radical (unpaired) electrons. The summed E-state index contributed by atoms with van der Waals surface area (Å²) in [5.41, 5.74) is -0.387. The highest BCUT2D eigenvalue weighted by atomic mass is 79.9. The predicted molar refractivity (Wildman–Crippen MR) is 55.1 cm³/mol. The summed E-state index contributed by atoms with van der Waals surface area (Å²) in [5.74, 6) is 0. The van der Waals surface area contributed by atoms with E-state index in [9.17, 15) is 4.79 Å². The number of alkyl halides is 1. The molecule has 1 saturated heterocycles. The lowest BCUT2D eigenvalue weighted by atomic mass is 10.2. The van der Waals surface area contributed by atoms with Crippen LogP contribution >= 0.6 is 15.9 Å². The first-order chi connectivity index (χ1) is 5.88. The number of hydrogen-bond donors (Lipinski definition) is 0. The lowest BCUT2D eigenvalue weighted by molar-refractivity contribution is 0.0296. The molecule has 76 valence electrons. The zero-order chi connectivity index (χ0) is 10.1. The average Bonchev–Trinajstić information content (AvgIpc) is 2.31. The highest BCUT2D eigenvalue weighted by Crippen LogP contribution is 2.19. The first kappa shape index (κ1) is 10.8. The van der Waals surface area contributed by atoms with Crippen LogP contribution in [0.25, 0.3) is 0 Å². The molecule has 0 bridgehead atoms. The molecule has 0 aromatic carbocycles. The van der Waals surface area contributed by atoms with Gasteiger partial charge in [-0.2, -0.15) is 0 Å². The highest BCUT2D eigenvalue weighted by Gasteiger charge is 2.28. The van der Waals surface area contributed by atoms with E-state index in [0.29, 0.717) is 4.83 Å². The van der Waals surface area contributed by atoms with Crippen molar-refractivity contribution in [3.05, 3.63) is 0 Å². The van der Waals surface area contributed by atoms with Crippen molar-refractivity contribution in [3.63, 3.8) is 0 Å². The summed E-state index contributed by atoms with van der Waals surface area (Å²) in [4.78, 5) is 13.7. The summed E-state index contributed by atoms with van der Waals surface area (Å²) in [7, 11) is 0. The van der Waals surface area contributed by atoms with E-state index in [2.05, 4.69) is 15.9 Å². The topological polar surface area (TPSA) is 29.5 Å². The van der Waals surface area contributed by atoms with E-state index in [1.165, 1.54) is 0 Å². The minimum atomic E-state index is -0.387. The number of likely N-dealkylation sites (tertiary alicyclic amines) is 1. The zero-order valence-corrected chi connectivity index (χ0v) is 9.93. The van der Waals surface area contributed by atoms with Gasteiger partial charge in [0.05, 0.1) is 0 Å². The van der Waals surface area contributed by atoms with Crippen molar-refractivity contribution in [1.82, 2.24) is 4.90 Å². The van der Waals surface area contributed by atoms with Crippen molar-refractivity contribution in [2.24, 2.45) is 0 Å². The Kier molecular flexibility index (Phi) is 3.22. The van der Waals surface area contributed by atoms with Crippen molar-refractivity contribution in [2.75, 3.05) is 13.1 Å². The average molecular weight is 250 g/mol. The Labute approximate surface area is 87.6 Å². The van der Waals surface area contributed by atoms with E-state index < -0.39 is 0 Å². The molecule has 0 unspecified atom stereocenters. The van der Waals surface area contributed by atoms with Gasteiger partial charge in [0.15, 0.2) is 0 Å². The molecule has 1 amide bonds. The van der Waals surface area contributed by atoms with Gasteiger partial charge in [0.25, 0.3) is 0 Å². The summed E-state index contributed by atoms with van der Waals surface area (Å²) in [6.45, 7) is 7.20. The van der Waals surface area contributed by atoms with Crippen LogP contribution in [0.4, 0.5) is 4.79 Å². The van der Waals surface area contributed by atoms with E-state index in [1.54, 1.807) is 4.90 Å². The van der Waals surface area contributed by atoms with Crippen LogP contribution in [0.5, 0.6) is 0 Å². The Morgan fingerprint density at radius 2 is 2.15 bits per heavy atom. The van der Waals surface area contributed by atoms with Crippen LogP contribution in [0.15, 0.2) is 0 Å². The van der Waals surface area contributed by atoms with Crippen molar-refractivity contribution in [1.29, 1.82) is 0 Å². The van der Waals surface area contributed by atoms with Gasteiger partial charge in [-0.15, -0.1) is 0 Å². The molecule has 1 aliphatic heterocycles. The number of carbonyl (C=O) groups is 1. The molecule has 4 heteroatoms. The molecule has 1 aliphatic rings. The van der Waals surface area contributed by atoms with Gasteiger partial charge >= 0.3 is 6.09 Å². The SMILES string of the molecule is CC(C)(C)OC(=O)N1CC[C@@H](Br)C1. The third kappa shape index (κ3) is 3.55. The second kappa shape index (κ2) is 3.86. The first-order valence-electron chi connectivity index (χ1n) is 4.50. The number of halogens is 1. The van der Waals surface area contributed by atoms with E-state index in [-0.39, 0.29) is 11.7 Å². The Morgan fingerprint density at radius 1 is 1.54 bits per heavy atom. The molecule has 1 heterocycles. The molecule has 0 aromatic rings. The molecule has 3 nitrogen and oxygen atoms in total. The van der Waals surface area contributed by atoms with Gasteiger partial charge in [0, 0.05) is 17.9 Å². The Hall–Kier alpha value is -0.250. The van der Waals surface area contributed by atoms with Gasteiger partial charge in [-0.1, -0.05) is 15.9 Å². The summed E-state index contributed by atoms with van der Waals surface area (Å²) in [6, 6.07) is 0. The second-order valence-electron chi connectivity index (χ2n) is 4.31. The number of amides is 1. The van der Waals surface area contributed by atoms with Crippen molar-refractivity contribution in [2.45, 2.75) is 37.6 Å². The highest BCUT2D eigenvalue weighted by molar-refractivity contribution is 9.09. The molecular weight excluding hydrogens is 234 g/mol. The largest absolute Gasteiger partial charge is 0.444 e. The Balaban J connectivity index is 2.41. The fourth-order valence-electron chi connectivity index (χ4n) is 1.21. The van der Waals surface area contributed by atoms with Gasteiger partial charge < -0.3 is 9.64 Å². The van der Waals surface area contributed by atoms with Crippen molar-refractivity contribution in [3.8, 4) is 0 Å². The first-order valence-corrected chi connectivity index (χ1v) is 5.42. The zero-order valence-electron chi connectivity index (χ0n) is 8.34. The molecule has 0 spiro atoms. The molecular formula is C9H16BrNO2. The van der Waals surface area contributed by atoms with Crippen LogP contribution in [-0.2, 0) is 4.74 Å². The normalized spacial score (nSPS) is 23.4. The standard InChI is InChI=1S/C9H16BrNO2/c1-9(2,3)13-8(12)11-5-4-7(10)6-11/h7H,4-6H2,1-3H3/t7-/m1/s1. The lowest BCUT2D eigenvalue weighted by Crippen LogP contribution is -2.35. The van der Waals surface area contributed by atoms with Crippen LogP contribution in [0, 0.1) is 0 Å². The summed E-state index contributed by atoms with van der Waals surface area (Å²) < 4.78 is 5.24. The number of ether oxygens (including phenoxy) is 1. The molecule has 1 atom stereocenters. The van der Waals surface area contributed by atoms with E-state index in [4.69, 9.17) is 4.74 Å². The molecule has 0 aliphatic carbocycles. The van der Waals surface area contributed by atoms with Crippen LogP contribution < -0.4 is 0 Å². The second-order valence-corrected chi connectivity index (χ2v) is 5.61. The molecule has 0 aromatic heterocycles. The maximum absolute atomic E-state index is 11.5. The summed E-state index contributed by atoms with van der Waals surface area (Å²) in [5, 5.41) is 0. The monoisotopic (exact) mass is 249 g/mol. The van der Waals surface area contributed by atoms with Gasteiger partial charge in [0.2, 0.25) is 0 Å². The lowest BCUT2D eigenvalue weighted by Gasteiger charge is -2.24. The van der Waals surface area contributed by atoms with Crippen LogP contribution in [0.2, 0.25) is 0 Å². The van der Waals surface area contributed by atoms with E-state index in [0.717, 1.165) is 19.5 Å². The molecule has 0 N–H and O–H groups in total. The summed E-state index contributed by atoms with van der Waals surface area (Å²) >= 11 is 3.48. The van der Waals surface area contributed by atoms with Gasteiger partial charge in [-0.25, -0.2) is 4.79 Å². The van der Waals surface area contributed by atoms with Crippen molar-refractivity contribution < 1.29 is 9.53 Å². The maximum Gasteiger partial charge on any atom is 0.410 e. The fourth-order valence-corrected chi connectivity index (χ4v) is 1.76. The van der Waals surface area contributed by atoms with Crippen molar-refractivity contribution >= 4 is 22.0 Å². The van der Waals surface area contributed by atoms with E-state index in [1.807, 2.05) is 20.8 Å². The number of hydrogen-bond acceptors (Lipinski definition) is 2. The molecule has 1 fully saturated rings.